The van der Waals surface area contributed by atoms with Gasteiger partial charge in [-0.15, -0.1) is 0 Å². The second-order valence-corrected chi connectivity index (χ2v) is 5.98. The molecular formula is C15H21BrN2O2. The molecular weight excluding hydrogens is 320 g/mol. The first-order valence-electron chi connectivity index (χ1n) is 7.03. The lowest BCUT2D eigenvalue weighted by Crippen LogP contribution is -2.48. The van der Waals surface area contributed by atoms with Crippen LogP contribution in [0.4, 0.5) is 0 Å². The smallest absolute Gasteiger partial charge is 0.239 e. The minimum absolute atomic E-state index is 0.0126. The Morgan fingerprint density at radius 1 is 1.40 bits per heavy atom. The molecule has 20 heavy (non-hydrogen) atoms. The van der Waals surface area contributed by atoms with Gasteiger partial charge in [0.25, 0.3) is 0 Å². The quantitative estimate of drug-likeness (QED) is 0.894. The Balaban J connectivity index is 1.72. The van der Waals surface area contributed by atoms with E-state index < -0.39 is 0 Å². The molecule has 1 atom stereocenters. The van der Waals surface area contributed by atoms with Gasteiger partial charge >= 0.3 is 0 Å². The number of carbonyl (C=O) groups is 1. The topological polar surface area (TPSA) is 41.6 Å². The third-order valence-electron chi connectivity index (χ3n) is 3.49. The van der Waals surface area contributed by atoms with Crippen molar-refractivity contribution in [1.29, 1.82) is 0 Å². The molecule has 0 saturated carbocycles. The molecule has 0 spiro atoms. The Bertz CT molecular complexity index is 430. The number of ether oxygens (including phenoxy) is 1. The number of rotatable bonds is 5. The van der Waals surface area contributed by atoms with Gasteiger partial charge in [0.15, 0.2) is 0 Å². The summed E-state index contributed by atoms with van der Waals surface area (Å²) in [5.74, 6) is 0.994. The predicted molar refractivity (Wildman–Crippen MR) is 82.9 cm³/mol. The number of hydrogen-bond acceptors (Lipinski definition) is 3. The minimum atomic E-state index is -0.0126. The summed E-state index contributed by atoms with van der Waals surface area (Å²) in [6.07, 6.45) is 3.24. The molecule has 5 heteroatoms. The van der Waals surface area contributed by atoms with E-state index in [2.05, 4.69) is 21.2 Å². The third kappa shape index (κ3) is 4.49. The molecule has 1 aromatic carbocycles. The number of nitrogens with one attached hydrogen (secondary N) is 1. The largest absolute Gasteiger partial charge is 0.492 e. The van der Waals surface area contributed by atoms with Gasteiger partial charge in [-0.05, 0) is 43.7 Å². The summed E-state index contributed by atoms with van der Waals surface area (Å²) in [5, 5.41) is 3.28. The van der Waals surface area contributed by atoms with E-state index in [1.165, 1.54) is 6.42 Å². The number of piperidine rings is 1. The first-order chi connectivity index (χ1) is 9.66. The third-order valence-corrected chi connectivity index (χ3v) is 4.02. The fraction of sp³-hybridized carbons (Fsp3) is 0.533. The van der Waals surface area contributed by atoms with Crippen LogP contribution >= 0.6 is 15.9 Å². The van der Waals surface area contributed by atoms with E-state index >= 15 is 0 Å². The summed E-state index contributed by atoms with van der Waals surface area (Å²) in [6.45, 7) is 2.06. The van der Waals surface area contributed by atoms with Crippen LogP contribution in [0.15, 0.2) is 28.7 Å². The van der Waals surface area contributed by atoms with Gasteiger partial charge in [0, 0.05) is 11.5 Å². The maximum atomic E-state index is 12.2. The monoisotopic (exact) mass is 340 g/mol. The van der Waals surface area contributed by atoms with E-state index in [9.17, 15) is 4.79 Å². The molecule has 1 aliphatic rings. The van der Waals surface area contributed by atoms with Crippen molar-refractivity contribution in [3.05, 3.63) is 28.7 Å². The van der Waals surface area contributed by atoms with E-state index in [-0.39, 0.29) is 11.9 Å². The number of hydrogen-bond donors (Lipinski definition) is 1. The van der Waals surface area contributed by atoms with E-state index in [0.717, 1.165) is 29.6 Å². The van der Waals surface area contributed by atoms with Gasteiger partial charge in [-0.2, -0.15) is 0 Å². The van der Waals surface area contributed by atoms with Crippen LogP contribution in [-0.4, -0.2) is 43.6 Å². The van der Waals surface area contributed by atoms with Crippen LogP contribution in [0, 0.1) is 0 Å². The van der Waals surface area contributed by atoms with Crippen molar-refractivity contribution in [2.45, 2.75) is 25.3 Å². The molecule has 1 heterocycles. The highest BCUT2D eigenvalue weighted by Gasteiger charge is 2.23. The van der Waals surface area contributed by atoms with Crippen molar-refractivity contribution < 1.29 is 9.53 Å². The normalized spacial score (nSPS) is 18.6. The maximum Gasteiger partial charge on any atom is 0.239 e. The zero-order valence-electron chi connectivity index (χ0n) is 11.8. The van der Waals surface area contributed by atoms with Gasteiger partial charge in [0.2, 0.25) is 5.91 Å². The summed E-state index contributed by atoms with van der Waals surface area (Å²) in [4.78, 5) is 13.9. The molecule has 1 fully saturated rings. The molecule has 1 aliphatic heterocycles. The summed E-state index contributed by atoms with van der Waals surface area (Å²) in [7, 11) is 1.84. The molecule has 1 aromatic rings. The number of benzene rings is 1. The lowest BCUT2D eigenvalue weighted by molar-refractivity contribution is -0.133. The van der Waals surface area contributed by atoms with Gasteiger partial charge in [-0.1, -0.05) is 22.4 Å². The molecule has 0 bridgehead atoms. The number of amides is 1. The Morgan fingerprint density at radius 2 is 2.15 bits per heavy atom. The number of likely N-dealkylation sites (N-methyl/N-ethyl adjacent to an activating group) is 1. The van der Waals surface area contributed by atoms with Crippen molar-refractivity contribution in [2.24, 2.45) is 0 Å². The van der Waals surface area contributed by atoms with Crippen LogP contribution in [0.3, 0.4) is 0 Å². The van der Waals surface area contributed by atoms with Crippen molar-refractivity contribution >= 4 is 21.8 Å². The van der Waals surface area contributed by atoms with Crippen LogP contribution in [0.5, 0.6) is 5.75 Å². The van der Waals surface area contributed by atoms with Gasteiger partial charge < -0.3 is 15.0 Å². The van der Waals surface area contributed by atoms with Gasteiger partial charge in [-0.25, -0.2) is 0 Å². The van der Waals surface area contributed by atoms with E-state index in [4.69, 9.17) is 4.74 Å². The van der Waals surface area contributed by atoms with Crippen molar-refractivity contribution in [3.63, 3.8) is 0 Å². The maximum absolute atomic E-state index is 12.2. The van der Waals surface area contributed by atoms with Crippen LogP contribution in [-0.2, 0) is 4.79 Å². The van der Waals surface area contributed by atoms with Crippen molar-refractivity contribution in [1.82, 2.24) is 10.2 Å². The SMILES string of the molecule is CN(CCOc1ccc(Br)cc1)C(=O)[C@H]1CCCCN1. The first kappa shape index (κ1) is 15.3. The van der Waals surface area contributed by atoms with Crippen molar-refractivity contribution in [3.8, 4) is 5.75 Å². The van der Waals surface area contributed by atoms with Crippen LogP contribution in [0.1, 0.15) is 19.3 Å². The van der Waals surface area contributed by atoms with Crippen LogP contribution < -0.4 is 10.1 Å². The molecule has 0 aromatic heterocycles. The highest BCUT2D eigenvalue weighted by molar-refractivity contribution is 9.10. The summed E-state index contributed by atoms with van der Waals surface area (Å²) in [5.41, 5.74) is 0. The second kappa shape index (κ2) is 7.64. The molecule has 1 N–H and O–H groups in total. The lowest BCUT2D eigenvalue weighted by Gasteiger charge is -2.27. The van der Waals surface area contributed by atoms with Crippen molar-refractivity contribution in [2.75, 3.05) is 26.7 Å². The number of nitrogens with zero attached hydrogens (tertiary/aromatic N) is 1. The van der Waals surface area contributed by atoms with Crippen LogP contribution in [0.25, 0.3) is 0 Å². The highest BCUT2D eigenvalue weighted by Crippen LogP contribution is 2.16. The summed E-state index contributed by atoms with van der Waals surface area (Å²) < 4.78 is 6.66. The molecule has 110 valence electrons. The lowest BCUT2D eigenvalue weighted by atomic mass is 10.0. The molecule has 1 amide bonds. The Morgan fingerprint density at radius 3 is 2.80 bits per heavy atom. The molecule has 0 radical (unpaired) electrons. The number of carbonyl (C=O) groups excluding carboxylic acids is 1. The average molecular weight is 341 g/mol. The summed E-state index contributed by atoms with van der Waals surface area (Å²) >= 11 is 3.38. The molecule has 4 nitrogen and oxygen atoms in total. The zero-order valence-corrected chi connectivity index (χ0v) is 13.4. The molecule has 2 rings (SSSR count). The molecule has 1 saturated heterocycles. The Hall–Kier alpha value is -1.07. The predicted octanol–water partition coefficient (Wildman–Crippen LogP) is 2.43. The minimum Gasteiger partial charge on any atom is -0.492 e. The molecule has 0 aliphatic carbocycles. The van der Waals surface area contributed by atoms with Gasteiger partial charge in [0.05, 0.1) is 12.6 Å². The second-order valence-electron chi connectivity index (χ2n) is 5.06. The first-order valence-corrected chi connectivity index (χ1v) is 7.83. The zero-order chi connectivity index (χ0) is 14.4. The fourth-order valence-corrected chi connectivity index (χ4v) is 2.53. The molecule has 0 unspecified atom stereocenters. The van der Waals surface area contributed by atoms with E-state index in [0.29, 0.717) is 13.2 Å². The standard InChI is InChI=1S/C15H21BrN2O2/c1-18(15(19)14-4-2-3-9-17-14)10-11-20-13-7-5-12(16)6-8-13/h5-8,14,17H,2-4,9-11H2,1H3/t14-/m1/s1. The van der Waals surface area contributed by atoms with Crippen LogP contribution in [0.2, 0.25) is 0 Å². The summed E-state index contributed by atoms with van der Waals surface area (Å²) in [6, 6.07) is 7.69. The fourth-order valence-electron chi connectivity index (χ4n) is 2.27. The highest BCUT2D eigenvalue weighted by atomic mass is 79.9. The van der Waals surface area contributed by atoms with Gasteiger partial charge in [-0.3, -0.25) is 4.79 Å². The Labute approximate surface area is 128 Å². The van der Waals surface area contributed by atoms with Gasteiger partial charge in [0.1, 0.15) is 12.4 Å². The Kier molecular flexibility index (Phi) is 5.86. The number of halogens is 1. The van der Waals surface area contributed by atoms with E-state index in [1.807, 2.05) is 31.3 Å². The van der Waals surface area contributed by atoms with E-state index in [1.54, 1.807) is 4.90 Å². The average Bonchev–Trinajstić information content (AvgIpc) is 2.49.